The van der Waals surface area contributed by atoms with Gasteiger partial charge in [0, 0.05) is 18.7 Å². The molecule has 26 heavy (non-hydrogen) atoms. The summed E-state index contributed by atoms with van der Waals surface area (Å²) in [6, 6.07) is 1.80. The molecular weight excluding hydrogens is 354 g/mol. The molecule has 2 rings (SSSR count). The molecule has 1 saturated heterocycles. The van der Waals surface area contributed by atoms with Crippen molar-refractivity contribution >= 4 is 11.9 Å². The highest BCUT2D eigenvalue weighted by Crippen LogP contribution is 2.31. The van der Waals surface area contributed by atoms with E-state index in [0.29, 0.717) is 31.6 Å². The number of esters is 1. The number of carbonyl (C=O) groups is 2. The van der Waals surface area contributed by atoms with E-state index in [2.05, 4.69) is 0 Å². The van der Waals surface area contributed by atoms with Gasteiger partial charge in [-0.2, -0.15) is 13.2 Å². The molecule has 0 spiro atoms. The molecule has 1 fully saturated rings. The number of halogens is 4. The molecule has 0 unspecified atom stereocenters. The second kappa shape index (κ2) is 8.51. The average Bonchev–Trinajstić information content (AvgIpc) is 2.60. The Morgan fingerprint density at radius 1 is 1.19 bits per heavy atom. The van der Waals surface area contributed by atoms with Gasteiger partial charge in [-0.1, -0.05) is 13.3 Å². The molecule has 0 radical (unpaired) electrons. The summed E-state index contributed by atoms with van der Waals surface area (Å²) in [7, 11) is 0. The molecule has 144 valence electrons. The van der Waals surface area contributed by atoms with E-state index >= 15 is 0 Å². The van der Waals surface area contributed by atoms with Gasteiger partial charge in [0.1, 0.15) is 5.82 Å². The molecule has 0 saturated carbocycles. The number of alkyl halides is 3. The Bertz CT molecular complexity index is 652. The maximum atomic E-state index is 13.5. The van der Waals surface area contributed by atoms with Crippen molar-refractivity contribution in [3.63, 3.8) is 0 Å². The number of nitrogens with zero attached hydrogens (tertiary/aromatic N) is 1. The van der Waals surface area contributed by atoms with Crippen molar-refractivity contribution in [2.45, 2.75) is 38.8 Å². The maximum absolute atomic E-state index is 13.5. The Morgan fingerprint density at radius 2 is 1.85 bits per heavy atom. The fraction of sp³-hybridized carbons (Fsp3) is 0.556. The van der Waals surface area contributed by atoms with Gasteiger partial charge in [0.15, 0.2) is 0 Å². The molecule has 0 N–H and O–H groups in total. The summed E-state index contributed by atoms with van der Waals surface area (Å²) >= 11 is 0. The van der Waals surface area contributed by atoms with Gasteiger partial charge in [0.2, 0.25) is 0 Å². The topological polar surface area (TPSA) is 46.6 Å². The lowest BCUT2D eigenvalue weighted by Crippen LogP contribution is -2.40. The standard InChI is InChI=1S/C18H21F4NO3/c1-2-3-8-26-17(25)12-4-6-23(7-5-12)16(24)13-9-14(18(20,21)22)11-15(19)10-13/h9-12H,2-8H2,1H3. The molecular formula is C18H21F4NO3. The molecule has 1 aromatic rings. The Labute approximate surface area is 149 Å². The number of ether oxygens (including phenoxy) is 1. The first kappa shape index (κ1) is 20.2. The van der Waals surface area contributed by atoms with E-state index in [4.69, 9.17) is 4.74 Å². The number of likely N-dealkylation sites (tertiary alicyclic amines) is 1. The smallest absolute Gasteiger partial charge is 0.416 e. The van der Waals surface area contributed by atoms with Crippen LogP contribution < -0.4 is 0 Å². The van der Waals surface area contributed by atoms with Crippen molar-refractivity contribution in [2.24, 2.45) is 5.92 Å². The zero-order valence-electron chi connectivity index (χ0n) is 14.4. The number of rotatable bonds is 5. The zero-order valence-corrected chi connectivity index (χ0v) is 14.4. The minimum Gasteiger partial charge on any atom is -0.465 e. The highest BCUT2D eigenvalue weighted by molar-refractivity contribution is 5.94. The number of amides is 1. The van der Waals surface area contributed by atoms with Crippen LogP contribution in [-0.4, -0.2) is 36.5 Å². The number of hydrogen-bond acceptors (Lipinski definition) is 3. The number of carbonyl (C=O) groups excluding carboxylic acids is 2. The molecule has 1 aromatic carbocycles. The molecule has 1 aliphatic rings. The van der Waals surface area contributed by atoms with Gasteiger partial charge in [0.05, 0.1) is 18.1 Å². The highest BCUT2D eigenvalue weighted by Gasteiger charge is 2.33. The van der Waals surface area contributed by atoms with Crippen LogP contribution in [-0.2, 0) is 15.7 Å². The van der Waals surface area contributed by atoms with E-state index < -0.39 is 23.5 Å². The number of unbranched alkanes of at least 4 members (excludes halogenated alkanes) is 1. The van der Waals surface area contributed by atoms with Gasteiger partial charge < -0.3 is 9.64 Å². The third-order valence-electron chi connectivity index (χ3n) is 4.33. The highest BCUT2D eigenvalue weighted by atomic mass is 19.4. The lowest BCUT2D eigenvalue weighted by molar-refractivity contribution is -0.150. The molecule has 0 atom stereocenters. The lowest BCUT2D eigenvalue weighted by Gasteiger charge is -2.31. The third-order valence-corrected chi connectivity index (χ3v) is 4.33. The van der Waals surface area contributed by atoms with Gasteiger partial charge in [0.25, 0.3) is 5.91 Å². The van der Waals surface area contributed by atoms with Crippen LogP contribution in [0.15, 0.2) is 18.2 Å². The largest absolute Gasteiger partial charge is 0.465 e. The van der Waals surface area contributed by atoms with Crippen molar-refractivity contribution in [2.75, 3.05) is 19.7 Å². The molecule has 4 nitrogen and oxygen atoms in total. The lowest BCUT2D eigenvalue weighted by atomic mass is 9.96. The van der Waals surface area contributed by atoms with E-state index in [0.717, 1.165) is 18.9 Å². The van der Waals surface area contributed by atoms with Crippen LogP contribution in [0, 0.1) is 11.7 Å². The quantitative estimate of drug-likeness (QED) is 0.443. The SMILES string of the molecule is CCCCOC(=O)C1CCN(C(=O)c2cc(F)cc(C(F)(F)F)c2)CC1. The van der Waals surface area contributed by atoms with E-state index in [9.17, 15) is 27.2 Å². The fourth-order valence-electron chi connectivity index (χ4n) is 2.81. The van der Waals surface area contributed by atoms with E-state index in [1.165, 1.54) is 4.90 Å². The monoisotopic (exact) mass is 375 g/mol. The number of hydrogen-bond donors (Lipinski definition) is 0. The minimum atomic E-state index is -4.73. The van der Waals surface area contributed by atoms with Gasteiger partial charge in [-0.05, 0) is 37.5 Å². The second-order valence-corrected chi connectivity index (χ2v) is 6.31. The zero-order chi connectivity index (χ0) is 19.3. The van der Waals surface area contributed by atoms with Crippen molar-refractivity contribution in [1.82, 2.24) is 4.90 Å². The van der Waals surface area contributed by atoms with E-state index in [1.54, 1.807) is 0 Å². The predicted octanol–water partition coefficient (Wildman–Crippen LogP) is 4.04. The average molecular weight is 375 g/mol. The molecule has 0 aliphatic carbocycles. The normalized spacial score (nSPS) is 15.8. The van der Waals surface area contributed by atoms with Gasteiger partial charge in [-0.3, -0.25) is 9.59 Å². The van der Waals surface area contributed by atoms with E-state index in [-0.39, 0.29) is 30.5 Å². The summed E-state index contributed by atoms with van der Waals surface area (Å²) in [6.07, 6.45) is -2.29. The van der Waals surface area contributed by atoms with Crippen LogP contribution in [0.4, 0.5) is 17.6 Å². The Hall–Kier alpha value is -2.12. The first-order valence-corrected chi connectivity index (χ1v) is 8.56. The van der Waals surface area contributed by atoms with Crippen LogP contribution >= 0.6 is 0 Å². The summed E-state index contributed by atoms with van der Waals surface area (Å²) in [5, 5.41) is 0. The second-order valence-electron chi connectivity index (χ2n) is 6.31. The third kappa shape index (κ3) is 5.19. The summed E-state index contributed by atoms with van der Waals surface area (Å²) in [6.45, 7) is 2.76. The van der Waals surface area contributed by atoms with Crippen LogP contribution in [0.3, 0.4) is 0 Å². The summed E-state index contributed by atoms with van der Waals surface area (Å²) in [5.74, 6) is -2.42. The molecule has 1 heterocycles. The van der Waals surface area contributed by atoms with Crippen LogP contribution in [0.2, 0.25) is 0 Å². The van der Waals surface area contributed by atoms with Crippen molar-refractivity contribution < 1.29 is 31.9 Å². The first-order valence-electron chi connectivity index (χ1n) is 8.56. The number of piperidine rings is 1. The minimum absolute atomic E-state index is 0.213. The predicted molar refractivity (Wildman–Crippen MR) is 85.9 cm³/mol. The molecule has 1 aliphatic heterocycles. The van der Waals surface area contributed by atoms with Crippen LogP contribution in [0.25, 0.3) is 0 Å². The Balaban J connectivity index is 1.98. The van der Waals surface area contributed by atoms with Crippen LogP contribution in [0.1, 0.15) is 48.5 Å². The summed E-state index contributed by atoms with van der Waals surface area (Å²) in [4.78, 5) is 25.7. The molecule has 1 amide bonds. The fourth-order valence-corrected chi connectivity index (χ4v) is 2.81. The van der Waals surface area contributed by atoms with Crippen LogP contribution in [0.5, 0.6) is 0 Å². The maximum Gasteiger partial charge on any atom is 0.416 e. The Kier molecular flexibility index (Phi) is 6.61. The summed E-state index contributed by atoms with van der Waals surface area (Å²) in [5.41, 5.74) is -1.54. The molecule has 0 bridgehead atoms. The van der Waals surface area contributed by atoms with Crippen molar-refractivity contribution in [1.29, 1.82) is 0 Å². The van der Waals surface area contributed by atoms with E-state index in [1.807, 2.05) is 6.92 Å². The van der Waals surface area contributed by atoms with Gasteiger partial charge >= 0.3 is 12.1 Å². The van der Waals surface area contributed by atoms with Crippen molar-refractivity contribution in [3.8, 4) is 0 Å². The van der Waals surface area contributed by atoms with Crippen molar-refractivity contribution in [3.05, 3.63) is 35.1 Å². The summed E-state index contributed by atoms with van der Waals surface area (Å²) < 4.78 is 57.0. The molecule has 0 aromatic heterocycles. The van der Waals surface area contributed by atoms with Gasteiger partial charge in [-0.15, -0.1) is 0 Å². The first-order chi connectivity index (χ1) is 12.2. The molecule has 8 heteroatoms. The number of benzene rings is 1. The van der Waals surface area contributed by atoms with Gasteiger partial charge in [-0.25, -0.2) is 4.39 Å². The Morgan fingerprint density at radius 3 is 2.42 bits per heavy atom.